The summed E-state index contributed by atoms with van der Waals surface area (Å²) in [5, 5.41) is 8.36. The minimum absolute atomic E-state index is 0.547. The maximum Gasteiger partial charge on any atom is 0.230 e. The quantitative estimate of drug-likeness (QED) is 0.819. The maximum absolute atomic E-state index is 5.76. The van der Waals surface area contributed by atoms with Gasteiger partial charge in [0.05, 0.1) is 6.54 Å². The van der Waals surface area contributed by atoms with Gasteiger partial charge in [-0.15, -0.1) is 10.2 Å². The average molecular weight is 312 g/mol. The number of hydrogen-bond donors (Lipinski definition) is 0. The molecule has 0 spiro atoms. The van der Waals surface area contributed by atoms with Crippen molar-refractivity contribution in [1.82, 2.24) is 20.0 Å². The first-order valence-electron chi connectivity index (χ1n) is 8.68. The first-order valence-corrected chi connectivity index (χ1v) is 8.68. The zero-order chi connectivity index (χ0) is 15.5. The average Bonchev–Trinajstić information content (AvgIpc) is 3.35. The van der Waals surface area contributed by atoms with Gasteiger partial charge >= 0.3 is 0 Å². The Morgan fingerprint density at radius 3 is 2.43 bits per heavy atom. The van der Waals surface area contributed by atoms with Gasteiger partial charge in [-0.25, -0.2) is 0 Å². The lowest BCUT2D eigenvalue weighted by molar-refractivity contribution is 0.120. The van der Waals surface area contributed by atoms with Gasteiger partial charge in [-0.2, -0.15) is 0 Å². The van der Waals surface area contributed by atoms with E-state index in [1.54, 1.807) is 0 Å². The summed E-state index contributed by atoms with van der Waals surface area (Å²) in [5.41, 5.74) is 1.42. The van der Waals surface area contributed by atoms with Crippen molar-refractivity contribution in [2.75, 3.05) is 32.7 Å². The highest BCUT2D eigenvalue weighted by molar-refractivity contribution is 5.14. The van der Waals surface area contributed by atoms with E-state index in [0.29, 0.717) is 5.92 Å². The van der Waals surface area contributed by atoms with Crippen molar-refractivity contribution in [3.8, 4) is 0 Å². The number of aromatic nitrogens is 2. The minimum Gasteiger partial charge on any atom is -0.424 e. The van der Waals surface area contributed by atoms with Crippen LogP contribution in [0, 0.1) is 0 Å². The molecule has 0 amide bonds. The smallest absolute Gasteiger partial charge is 0.230 e. The molecule has 2 heterocycles. The van der Waals surface area contributed by atoms with Crippen LogP contribution in [0.1, 0.15) is 36.1 Å². The molecule has 0 atom stereocenters. The van der Waals surface area contributed by atoms with Crippen molar-refractivity contribution in [1.29, 1.82) is 0 Å². The molecule has 122 valence electrons. The van der Waals surface area contributed by atoms with Gasteiger partial charge in [0.1, 0.15) is 0 Å². The predicted molar refractivity (Wildman–Crippen MR) is 88.1 cm³/mol. The predicted octanol–water partition coefficient (Wildman–Crippen LogP) is 2.31. The van der Waals surface area contributed by atoms with Gasteiger partial charge in [0, 0.05) is 38.6 Å². The summed E-state index contributed by atoms with van der Waals surface area (Å²) in [6.45, 7) is 6.34. The van der Waals surface area contributed by atoms with Crippen LogP contribution >= 0.6 is 0 Å². The Labute approximate surface area is 137 Å². The van der Waals surface area contributed by atoms with Crippen LogP contribution in [0.5, 0.6) is 0 Å². The molecule has 23 heavy (non-hydrogen) atoms. The second-order valence-corrected chi connectivity index (χ2v) is 6.66. The molecule has 1 saturated heterocycles. The second kappa shape index (κ2) is 6.81. The lowest BCUT2D eigenvalue weighted by Crippen LogP contribution is -2.46. The van der Waals surface area contributed by atoms with Crippen molar-refractivity contribution >= 4 is 0 Å². The van der Waals surface area contributed by atoms with E-state index in [-0.39, 0.29) is 0 Å². The normalized spacial score (nSPS) is 20.0. The van der Waals surface area contributed by atoms with E-state index in [9.17, 15) is 0 Å². The van der Waals surface area contributed by atoms with E-state index in [0.717, 1.165) is 57.5 Å². The third-order valence-electron chi connectivity index (χ3n) is 4.79. The number of piperazine rings is 1. The molecule has 1 saturated carbocycles. The van der Waals surface area contributed by atoms with Crippen molar-refractivity contribution in [2.24, 2.45) is 0 Å². The highest BCUT2D eigenvalue weighted by atomic mass is 16.4. The molecule has 5 heteroatoms. The molecule has 1 aliphatic carbocycles. The number of benzene rings is 1. The van der Waals surface area contributed by atoms with Crippen LogP contribution < -0.4 is 0 Å². The van der Waals surface area contributed by atoms with Crippen LogP contribution in [-0.2, 0) is 13.0 Å². The monoisotopic (exact) mass is 312 g/mol. The third kappa shape index (κ3) is 3.98. The molecule has 2 aliphatic rings. The van der Waals surface area contributed by atoms with Crippen LogP contribution in [0.2, 0.25) is 0 Å². The second-order valence-electron chi connectivity index (χ2n) is 6.66. The number of hydrogen-bond acceptors (Lipinski definition) is 5. The van der Waals surface area contributed by atoms with Crippen LogP contribution in [0.4, 0.5) is 0 Å². The number of rotatable bonds is 6. The SMILES string of the molecule is c1ccc(CCN2CCN(Cc3nnc(C4CC4)o3)CC2)cc1. The molecule has 5 nitrogen and oxygen atoms in total. The van der Waals surface area contributed by atoms with Gasteiger partial charge in [-0.05, 0) is 24.8 Å². The van der Waals surface area contributed by atoms with E-state index >= 15 is 0 Å². The minimum atomic E-state index is 0.547. The molecular formula is C18H24N4O. The highest BCUT2D eigenvalue weighted by Gasteiger charge is 2.29. The van der Waals surface area contributed by atoms with Crippen LogP contribution in [-0.4, -0.2) is 52.7 Å². The Bertz CT molecular complexity index is 615. The Kier molecular flexibility index (Phi) is 4.39. The largest absolute Gasteiger partial charge is 0.424 e. The third-order valence-corrected chi connectivity index (χ3v) is 4.79. The van der Waals surface area contributed by atoms with Crippen molar-refractivity contribution in [3.63, 3.8) is 0 Å². The summed E-state index contributed by atoms with van der Waals surface area (Å²) in [4.78, 5) is 4.97. The lowest BCUT2D eigenvalue weighted by atomic mass is 10.1. The van der Waals surface area contributed by atoms with Gasteiger partial charge in [0.2, 0.25) is 11.8 Å². The molecule has 0 bridgehead atoms. The summed E-state index contributed by atoms with van der Waals surface area (Å²) in [6, 6.07) is 10.7. The summed E-state index contributed by atoms with van der Waals surface area (Å²) >= 11 is 0. The fourth-order valence-electron chi connectivity index (χ4n) is 3.12. The summed E-state index contributed by atoms with van der Waals surface area (Å²) in [6.07, 6.45) is 3.55. The van der Waals surface area contributed by atoms with Gasteiger partial charge in [-0.3, -0.25) is 4.90 Å². The first-order chi connectivity index (χ1) is 11.4. The molecule has 1 aromatic carbocycles. The standard InChI is InChI=1S/C18H24N4O/c1-2-4-15(5-3-1)8-9-21-10-12-22(13-11-21)14-17-19-20-18(23-17)16-6-7-16/h1-5,16H,6-14H2. The van der Waals surface area contributed by atoms with Crippen LogP contribution in [0.3, 0.4) is 0 Å². The van der Waals surface area contributed by atoms with Crippen molar-refractivity contribution < 1.29 is 4.42 Å². The summed E-state index contributed by atoms with van der Waals surface area (Å²) in [7, 11) is 0. The molecule has 2 aromatic rings. The van der Waals surface area contributed by atoms with E-state index < -0.39 is 0 Å². The van der Waals surface area contributed by atoms with Crippen LogP contribution in [0.25, 0.3) is 0 Å². The topological polar surface area (TPSA) is 45.4 Å². The van der Waals surface area contributed by atoms with Crippen LogP contribution in [0.15, 0.2) is 34.7 Å². The fraction of sp³-hybridized carbons (Fsp3) is 0.556. The molecule has 1 aliphatic heterocycles. The molecule has 1 aromatic heterocycles. The lowest BCUT2D eigenvalue weighted by Gasteiger charge is -2.33. The first kappa shape index (κ1) is 14.8. The molecule has 4 rings (SSSR count). The number of nitrogens with zero attached hydrogens (tertiary/aromatic N) is 4. The van der Waals surface area contributed by atoms with Crippen molar-refractivity contribution in [2.45, 2.75) is 31.7 Å². The van der Waals surface area contributed by atoms with E-state index in [1.807, 2.05) is 0 Å². The fourth-order valence-corrected chi connectivity index (χ4v) is 3.12. The van der Waals surface area contributed by atoms with Gasteiger partial charge in [0.15, 0.2) is 0 Å². The van der Waals surface area contributed by atoms with Gasteiger partial charge in [-0.1, -0.05) is 30.3 Å². The zero-order valence-corrected chi connectivity index (χ0v) is 13.5. The van der Waals surface area contributed by atoms with Crippen molar-refractivity contribution in [3.05, 3.63) is 47.7 Å². The summed E-state index contributed by atoms with van der Waals surface area (Å²) in [5.74, 6) is 2.18. The Morgan fingerprint density at radius 1 is 0.957 bits per heavy atom. The molecular weight excluding hydrogens is 288 g/mol. The van der Waals surface area contributed by atoms with E-state index in [4.69, 9.17) is 4.42 Å². The zero-order valence-electron chi connectivity index (χ0n) is 13.5. The van der Waals surface area contributed by atoms with Gasteiger partial charge in [0.25, 0.3) is 0 Å². The van der Waals surface area contributed by atoms with E-state index in [2.05, 4.69) is 50.3 Å². The molecule has 0 N–H and O–H groups in total. The maximum atomic E-state index is 5.76. The Balaban J connectivity index is 1.21. The molecule has 0 unspecified atom stereocenters. The van der Waals surface area contributed by atoms with E-state index in [1.165, 1.54) is 18.4 Å². The summed E-state index contributed by atoms with van der Waals surface area (Å²) < 4.78 is 5.76. The highest BCUT2D eigenvalue weighted by Crippen LogP contribution is 2.39. The van der Waals surface area contributed by atoms with Gasteiger partial charge < -0.3 is 9.32 Å². The Morgan fingerprint density at radius 2 is 1.70 bits per heavy atom. The molecule has 2 fully saturated rings. The molecule has 0 radical (unpaired) electrons. The Hall–Kier alpha value is -1.72.